The van der Waals surface area contributed by atoms with Gasteiger partial charge in [-0.15, -0.1) is 11.3 Å². The summed E-state index contributed by atoms with van der Waals surface area (Å²) in [5, 5.41) is 36.8. The summed E-state index contributed by atoms with van der Waals surface area (Å²) in [5.74, 6) is -5.02. The number of nitrogens with zero attached hydrogens (tertiary/aromatic N) is 2. The van der Waals surface area contributed by atoms with Crippen LogP contribution in [0.2, 0.25) is 5.02 Å². The molecule has 0 aliphatic carbocycles. The van der Waals surface area contributed by atoms with Gasteiger partial charge in [0, 0.05) is 42.6 Å². The maximum Gasteiger partial charge on any atom is 0.336 e. The third-order valence-electron chi connectivity index (χ3n) is 5.97. The number of aryl methyl sites for hydroxylation is 1. The van der Waals surface area contributed by atoms with Crippen LogP contribution in [0.15, 0.2) is 35.7 Å². The van der Waals surface area contributed by atoms with Gasteiger partial charge in [0.1, 0.15) is 0 Å². The molecule has 12 heteroatoms. The molecule has 210 valence electrons. The van der Waals surface area contributed by atoms with Gasteiger partial charge >= 0.3 is 17.9 Å². The fraction of sp³-hybridized carbons (Fsp3) is 0.500. The standard InChI is InChI=1S/C20H27ClN2OS.C6H8O7/c1-17-6-13-25-20(17)16-23(15-18-4-2-5-19(21)14-18)8-3-7-22-9-11-24-12-10-22;7-3(8)1-6(13,5(11)12)2-4(9)10/h2,4-6,13-14H,3,7-12,15-16H2,1H3;13H,1-2H2,(H,7,8)(H,9,10)(H,11,12). The number of carboxylic acids is 3. The minimum absolute atomic E-state index is 0.818. The van der Waals surface area contributed by atoms with E-state index < -0.39 is 36.4 Å². The number of ether oxygens (including phenoxy) is 1. The van der Waals surface area contributed by atoms with Crippen molar-refractivity contribution in [3.8, 4) is 0 Å². The van der Waals surface area contributed by atoms with Crippen molar-refractivity contribution in [2.75, 3.05) is 39.4 Å². The van der Waals surface area contributed by atoms with E-state index in [4.69, 9.17) is 36.8 Å². The van der Waals surface area contributed by atoms with Crippen LogP contribution in [-0.2, 0) is 32.2 Å². The Bertz CT molecular complexity index is 1040. The Balaban J connectivity index is 0.000000332. The molecule has 0 spiro atoms. The molecule has 3 rings (SSSR count). The molecule has 1 aliphatic heterocycles. The Kier molecular flexibility index (Phi) is 13.1. The average molecular weight is 571 g/mol. The van der Waals surface area contributed by atoms with Gasteiger partial charge in [-0.1, -0.05) is 23.7 Å². The largest absolute Gasteiger partial charge is 0.481 e. The van der Waals surface area contributed by atoms with Gasteiger partial charge < -0.3 is 25.2 Å². The summed E-state index contributed by atoms with van der Waals surface area (Å²) >= 11 is 8.03. The number of aliphatic carboxylic acids is 3. The molecule has 38 heavy (non-hydrogen) atoms. The number of thiophene rings is 1. The highest BCUT2D eigenvalue weighted by Gasteiger charge is 2.40. The number of benzene rings is 1. The first-order valence-electron chi connectivity index (χ1n) is 12.2. The lowest BCUT2D eigenvalue weighted by atomic mass is 9.96. The van der Waals surface area contributed by atoms with Crippen LogP contribution in [0.1, 0.15) is 35.3 Å². The van der Waals surface area contributed by atoms with Crippen LogP contribution in [-0.4, -0.2) is 93.1 Å². The van der Waals surface area contributed by atoms with E-state index in [9.17, 15) is 14.4 Å². The first kappa shape index (κ1) is 31.7. The minimum atomic E-state index is -2.74. The first-order valence-corrected chi connectivity index (χ1v) is 13.4. The van der Waals surface area contributed by atoms with E-state index in [2.05, 4.69) is 40.3 Å². The molecule has 0 amide bonds. The molecule has 0 unspecified atom stereocenters. The van der Waals surface area contributed by atoms with Crippen LogP contribution in [0, 0.1) is 6.92 Å². The van der Waals surface area contributed by atoms with Crippen LogP contribution in [0.3, 0.4) is 0 Å². The van der Waals surface area contributed by atoms with E-state index in [0.29, 0.717) is 0 Å². The molecule has 0 radical (unpaired) electrons. The molecule has 4 N–H and O–H groups in total. The van der Waals surface area contributed by atoms with E-state index in [1.54, 1.807) is 0 Å². The lowest BCUT2D eigenvalue weighted by Crippen LogP contribution is -2.42. The van der Waals surface area contributed by atoms with Gasteiger partial charge in [-0.25, -0.2) is 4.79 Å². The normalized spacial score (nSPS) is 14.1. The lowest BCUT2D eigenvalue weighted by molar-refractivity contribution is -0.170. The average Bonchev–Trinajstić information content (AvgIpc) is 3.23. The number of carbonyl (C=O) groups is 3. The molecular formula is C26H35ClN2O8S. The van der Waals surface area contributed by atoms with Crippen molar-refractivity contribution >= 4 is 40.8 Å². The van der Waals surface area contributed by atoms with Gasteiger partial charge in [0.05, 0.1) is 26.1 Å². The number of halogens is 1. The van der Waals surface area contributed by atoms with Crippen molar-refractivity contribution in [1.82, 2.24) is 9.80 Å². The highest BCUT2D eigenvalue weighted by atomic mass is 35.5. The SMILES string of the molecule is Cc1ccsc1CN(CCCN1CCOCC1)Cc1cccc(Cl)c1.O=C(O)CC(O)(CC(=O)O)C(=O)O. The number of carboxylic acid groups (broad SMARTS) is 3. The quantitative estimate of drug-likeness (QED) is 0.283. The fourth-order valence-electron chi connectivity index (χ4n) is 3.93. The van der Waals surface area contributed by atoms with Crippen molar-refractivity contribution in [3.05, 3.63) is 56.7 Å². The number of aliphatic hydroxyl groups is 1. The molecule has 2 aromatic rings. The second kappa shape index (κ2) is 15.8. The summed E-state index contributed by atoms with van der Waals surface area (Å²) in [6, 6.07) is 10.4. The smallest absolute Gasteiger partial charge is 0.336 e. The highest BCUT2D eigenvalue weighted by Crippen LogP contribution is 2.20. The molecule has 0 atom stereocenters. The summed E-state index contributed by atoms with van der Waals surface area (Å²) in [6.45, 7) is 10.3. The van der Waals surface area contributed by atoms with Gasteiger partial charge in [-0.3, -0.25) is 19.4 Å². The molecule has 2 heterocycles. The van der Waals surface area contributed by atoms with E-state index in [1.807, 2.05) is 23.5 Å². The number of hydrogen-bond donors (Lipinski definition) is 4. The van der Waals surface area contributed by atoms with Gasteiger partial charge in [0.15, 0.2) is 5.60 Å². The van der Waals surface area contributed by atoms with Gasteiger partial charge in [-0.2, -0.15) is 0 Å². The van der Waals surface area contributed by atoms with Crippen molar-refractivity contribution in [3.63, 3.8) is 0 Å². The Labute approximate surface area is 231 Å². The van der Waals surface area contributed by atoms with Crippen LogP contribution >= 0.6 is 22.9 Å². The minimum Gasteiger partial charge on any atom is -0.481 e. The number of hydrogen-bond acceptors (Lipinski definition) is 8. The molecule has 1 aromatic heterocycles. The molecule has 1 saturated heterocycles. The van der Waals surface area contributed by atoms with Gasteiger partial charge in [0.2, 0.25) is 0 Å². The lowest BCUT2D eigenvalue weighted by Gasteiger charge is -2.28. The third-order valence-corrected chi connectivity index (χ3v) is 7.21. The second-order valence-corrected chi connectivity index (χ2v) is 10.6. The zero-order valence-electron chi connectivity index (χ0n) is 21.3. The Morgan fingerprint density at radius 3 is 2.26 bits per heavy atom. The predicted octanol–water partition coefficient (Wildman–Crippen LogP) is 3.19. The Hall–Kier alpha value is -2.54. The highest BCUT2D eigenvalue weighted by molar-refractivity contribution is 7.10. The first-order chi connectivity index (χ1) is 18.0. The molecule has 0 saturated carbocycles. The van der Waals surface area contributed by atoms with Crippen molar-refractivity contribution in [2.24, 2.45) is 0 Å². The maximum atomic E-state index is 10.3. The maximum absolute atomic E-state index is 10.3. The van der Waals surface area contributed by atoms with Crippen LogP contribution in [0.25, 0.3) is 0 Å². The molecule has 1 fully saturated rings. The van der Waals surface area contributed by atoms with Crippen LogP contribution in [0.5, 0.6) is 0 Å². The van der Waals surface area contributed by atoms with Crippen molar-refractivity contribution in [2.45, 2.75) is 44.9 Å². The van der Waals surface area contributed by atoms with E-state index in [1.165, 1.54) is 22.4 Å². The monoisotopic (exact) mass is 570 g/mol. The Morgan fingerprint density at radius 2 is 1.74 bits per heavy atom. The zero-order chi connectivity index (χ0) is 28.1. The molecule has 0 bridgehead atoms. The van der Waals surface area contributed by atoms with Crippen molar-refractivity contribution in [1.29, 1.82) is 0 Å². The van der Waals surface area contributed by atoms with Crippen molar-refractivity contribution < 1.29 is 39.5 Å². The van der Waals surface area contributed by atoms with Crippen LogP contribution < -0.4 is 0 Å². The van der Waals surface area contributed by atoms with E-state index >= 15 is 0 Å². The Morgan fingerprint density at radius 1 is 1.08 bits per heavy atom. The topological polar surface area (TPSA) is 148 Å². The summed E-state index contributed by atoms with van der Waals surface area (Å²) in [5.41, 5.74) is -0.0557. The number of rotatable bonds is 13. The van der Waals surface area contributed by atoms with Gasteiger partial charge in [0.25, 0.3) is 0 Å². The zero-order valence-corrected chi connectivity index (χ0v) is 22.9. The number of morpholine rings is 1. The molecule has 10 nitrogen and oxygen atoms in total. The fourth-order valence-corrected chi connectivity index (χ4v) is 5.09. The van der Waals surface area contributed by atoms with Gasteiger partial charge in [-0.05, 0) is 54.6 Å². The summed E-state index contributed by atoms with van der Waals surface area (Å²) in [7, 11) is 0. The third kappa shape index (κ3) is 11.5. The van der Waals surface area contributed by atoms with E-state index in [-0.39, 0.29) is 0 Å². The molecular weight excluding hydrogens is 536 g/mol. The second-order valence-electron chi connectivity index (χ2n) is 9.15. The molecule has 1 aromatic carbocycles. The van der Waals surface area contributed by atoms with E-state index in [0.717, 1.165) is 57.5 Å². The summed E-state index contributed by atoms with van der Waals surface area (Å²) in [4.78, 5) is 37.0. The summed E-state index contributed by atoms with van der Waals surface area (Å²) < 4.78 is 5.44. The van der Waals surface area contributed by atoms with Crippen LogP contribution in [0.4, 0.5) is 0 Å². The molecule has 1 aliphatic rings. The summed E-state index contributed by atoms with van der Waals surface area (Å²) in [6.07, 6.45) is -1.10. The predicted molar refractivity (Wildman–Crippen MR) is 144 cm³/mol.